The zero-order valence-electron chi connectivity index (χ0n) is 6.37. The molecule has 0 aliphatic rings. The molecular formula is C7H7NO4. The molecule has 0 aliphatic heterocycles. The number of ether oxygens (including phenoxy) is 1. The molecule has 0 aromatic carbocycles. The maximum Gasteiger partial charge on any atom is 0.374 e. The van der Waals surface area contributed by atoms with Crippen molar-refractivity contribution in [2.24, 2.45) is 0 Å². The lowest BCUT2D eigenvalue weighted by molar-refractivity contribution is -0.105. The minimum atomic E-state index is -0.575. The number of carbonyl (C=O) groups is 2. The Kier molecular flexibility index (Phi) is 2.47. The van der Waals surface area contributed by atoms with Gasteiger partial charge in [-0.3, -0.25) is 4.79 Å². The van der Waals surface area contributed by atoms with Crippen LogP contribution < -0.4 is 5.32 Å². The molecule has 12 heavy (non-hydrogen) atoms. The van der Waals surface area contributed by atoms with Crippen LogP contribution in [0.4, 0.5) is 5.69 Å². The number of hydrogen-bond donors (Lipinski definition) is 1. The number of nitrogens with one attached hydrogen (secondary N) is 1. The average Bonchev–Trinajstić information content (AvgIpc) is 2.52. The van der Waals surface area contributed by atoms with Crippen LogP contribution in [-0.4, -0.2) is 19.5 Å². The van der Waals surface area contributed by atoms with E-state index in [1.54, 1.807) is 0 Å². The first-order chi connectivity index (χ1) is 5.77. The Bertz CT molecular complexity index is 291. The van der Waals surface area contributed by atoms with Crippen LogP contribution in [0.3, 0.4) is 0 Å². The fraction of sp³-hybridized carbons (Fsp3) is 0.143. The number of furan rings is 1. The smallest absolute Gasteiger partial charge is 0.374 e. The van der Waals surface area contributed by atoms with Gasteiger partial charge in [0.15, 0.2) is 0 Å². The van der Waals surface area contributed by atoms with E-state index in [9.17, 15) is 9.59 Å². The van der Waals surface area contributed by atoms with Crippen LogP contribution in [0.5, 0.6) is 0 Å². The molecule has 0 saturated carbocycles. The molecule has 5 nitrogen and oxygen atoms in total. The second-order valence-electron chi connectivity index (χ2n) is 1.95. The highest BCUT2D eigenvalue weighted by Gasteiger charge is 2.09. The SMILES string of the molecule is COC(=O)c1cc(NC=O)co1. The van der Waals surface area contributed by atoms with Crippen LogP contribution >= 0.6 is 0 Å². The Balaban J connectivity index is 2.76. The quantitative estimate of drug-likeness (QED) is 0.532. The van der Waals surface area contributed by atoms with Crippen LogP contribution in [0, 0.1) is 0 Å². The first kappa shape index (κ1) is 8.32. The summed E-state index contributed by atoms with van der Waals surface area (Å²) in [6.07, 6.45) is 1.74. The number of carbonyl (C=O) groups excluding carboxylic acids is 2. The van der Waals surface area contributed by atoms with E-state index in [2.05, 4.69) is 10.1 Å². The molecule has 1 amide bonds. The molecule has 1 aromatic rings. The second-order valence-corrected chi connectivity index (χ2v) is 1.95. The van der Waals surface area contributed by atoms with Gasteiger partial charge in [-0.2, -0.15) is 0 Å². The van der Waals surface area contributed by atoms with Gasteiger partial charge < -0.3 is 14.5 Å². The van der Waals surface area contributed by atoms with Gasteiger partial charge in [0.25, 0.3) is 0 Å². The molecular weight excluding hydrogens is 162 g/mol. The van der Waals surface area contributed by atoms with Crippen LogP contribution in [0.1, 0.15) is 10.6 Å². The highest BCUT2D eigenvalue weighted by atomic mass is 16.5. The predicted octanol–water partition coefficient (Wildman–Crippen LogP) is 0.635. The first-order valence-electron chi connectivity index (χ1n) is 3.15. The van der Waals surface area contributed by atoms with Crippen molar-refractivity contribution < 1.29 is 18.7 Å². The van der Waals surface area contributed by atoms with E-state index >= 15 is 0 Å². The standard InChI is InChI=1S/C7H7NO4/c1-11-7(10)6-2-5(3-12-6)8-4-9/h2-4H,1H3,(H,8,9). The van der Waals surface area contributed by atoms with Gasteiger partial charge in [0, 0.05) is 6.07 Å². The molecule has 1 rings (SSSR count). The van der Waals surface area contributed by atoms with Crippen molar-refractivity contribution in [1.82, 2.24) is 0 Å². The van der Waals surface area contributed by atoms with E-state index in [1.807, 2.05) is 0 Å². The number of methoxy groups -OCH3 is 1. The molecule has 5 heteroatoms. The van der Waals surface area contributed by atoms with Gasteiger partial charge in [-0.25, -0.2) is 4.79 Å². The molecule has 0 bridgehead atoms. The van der Waals surface area contributed by atoms with Crippen molar-refractivity contribution in [3.63, 3.8) is 0 Å². The van der Waals surface area contributed by atoms with Crippen molar-refractivity contribution >= 4 is 18.1 Å². The summed E-state index contributed by atoms with van der Waals surface area (Å²) in [6, 6.07) is 1.38. The van der Waals surface area contributed by atoms with Crippen LogP contribution in [-0.2, 0) is 9.53 Å². The van der Waals surface area contributed by atoms with Gasteiger partial charge in [0.2, 0.25) is 12.2 Å². The lowest BCUT2D eigenvalue weighted by atomic mass is 10.4. The number of rotatable bonds is 3. The highest BCUT2D eigenvalue weighted by molar-refractivity contribution is 5.88. The minimum Gasteiger partial charge on any atom is -0.463 e. The van der Waals surface area contributed by atoms with Crippen molar-refractivity contribution in [2.45, 2.75) is 0 Å². The molecule has 0 spiro atoms. The normalized spacial score (nSPS) is 9.08. The summed E-state index contributed by atoms with van der Waals surface area (Å²) in [5.74, 6) is -0.518. The van der Waals surface area contributed by atoms with E-state index in [1.165, 1.54) is 19.4 Å². The maximum atomic E-state index is 10.8. The number of amides is 1. The Morgan fingerprint density at radius 1 is 1.75 bits per heavy atom. The summed E-state index contributed by atoms with van der Waals surface area (Å²) in [4.78, 5) is 20.8. The molecule has 0 unspecified atom stereocenters. The molecule has 0 aliphatic carbocycles. The van der Waals surface area contributed by atoms with Crippen molar-refractivity contribution in [1.29, 1.82) is 0 Å². The topological polar surface area (TPSA) is 68.5 Å². The van der Waals surface area contributed by atoms with Gasteiger partial charge in [-0.15, -0.1) is 0 Å². The molecule has 64 valence electrons. The highest BCUT2D eigenvalue weighted by Crippen LogP contribution is 2.12. The molecule has 1 heterocycles. The fourth-order valence-electron chi connectivity index (χ4n) is 0.688. The van der Waals surface area contributed by atoms with E-state index in [4.69, 9.17) is 4.42 Å². The Hall–Kier alpha value is -1.78. The van der Waals surface area contributed by atoms with Crippen LogP contribution in [0.2, 0.25) is 0 Å². The molecule has 0 saturated heterocycles. The number of anilines is 1. The lowest BCUT2D eigenvalue weighted by Gasteiger charge is -1.90. The fourth-order valence-corrected chi connectivity index (χ4v) is 0.688. The van der Waals surface area contributed by atoms with Crippen molar-refractivity contribution in [2.75, 3.05) is 12.4 Å². The van der Waals surface area contributed by atoms with E-state index in [-0.39, 0.29) is 5.76 Å². The van der Waals surface area contributed by atoms with Crippen LogP contribution in [0.15, 0.2) is 16.7 Å². The molecule has 1 N–H and O–H groups in total. The maximum absolute atomic E-state index is 10.8. The second kappa shape index (κ2) is 3.56. The average molecular weight is 169 g/mol. The van der Waals surface area contributed by atoms with Gasteiger partial charge in [-0.05, 0) is 0 Å². The largest absolute Gasteiger partial charge is 0.463 e. The minimum absolute atomic E-state index is 0.0573. The van der Waals surface area contributed by atoms with Gasteiger partial charge in [-0.1, -0.05) is 0 Å². The molecule has 0 fully saturated rings. The summed E-state index contributed by atoms with van der Waals surface area (Å²) in [6.45, 7) is 0. The summed E-state index contributed by atoms with van der Waals surface area (Å²) >= 11 is 0. The lowest BCUT2D eigenvalue weighted by Crippen LogP contribution is -1.98. The van der Waals surface area contributed by atoms with E-state index in [0.717, 1.165) is 0 Å². The molecule has 0 radical (unpaired) electrons. The van der Waals surface area contributed by atoms with Crippen LogP contribution in [0.25, 0.3) is 0 Å². The zero-order chi connectivity index (χ0) is 8.97. The van der Waals surface area contributed by atoms with E-state index in [0.29, 0.717) is 12.1 Å². The monoisotopic (exact) mass is 169 g/mol. The number of hydrogen-bond acceptors (Lipinski definition) is 4. The third kappa shape index (κ3) is 1.63. The van der Waals surface area contributed by atoms with Gasteiger partial charge in [0.1, 0.15) is 6.26 Å². The third-order valence-electron chi connectivity index (χ3n) is 1.21. The van der Waals surface area contributed by atoms with Gasteiger partial charge in [0.05, 0.1) is 12.8 Å². The van der Waals surface area contributed by atoms with Crippen molar-refractivity contribution in [3.05, 3.63) is 18.1 Å². The zero-order valence-corrected chi connectivity index (χ0v) is 6.37. The summed E-state index contributed by atoms with van der Waals surface area (Å²) in [7, 11) is 1.25. The first-order valence-corrected chi connectivity index (χ1v) is 3.15. The molecule has 0 atom stereocenters. The summed E-state index contributed by atoms with van der Waals surface area (Å²) in [5, 5.41) is 2.32. The number of esters is 1. The molecule has 1 aromatic heterocycles. The summed E-state index contributed by atoms with van der Waals surface area (Å²) < 4.78 is 9.15. The predicted molar refractivity (Wildman–Crippen MR) is 39.7 cm³/mol. The Morgan fingerprint density at radius 3 is 3.08 bits per heavy atom. The van der Waals surface area contributed by atoms with Crippen molar-refractivity contribution in [3.8, 4) is 0 Å². The third-order valence-corrected chi connectivity index (χ3v) is 1.21. The Morgan fingerprint density at radius 2 is 2.50 bits per heavy atom. The summed E-state index contributed by atoms with van der Waals surface area (Å²) in [5.41, 5.74) is 0.422. The van der Waals surface area contributed by atoms with E-state index < -0.39 is 5.97 Å². The Labute approximate surface area is 68.3 Å². The van der Waals surface area contributed by atoms with Gasteiger partial charge >= 0.3 is 5.97 Å².